The van der Waals surface area contributed by atoms with Crippen molar-refractivity contribution in [3.05, 3.63) is 0 Å². The van der Waals surface area contributed by atoms with Gasteiger partial charge in [-0.2, -0.15) is 0 Å². The highest BCUT2D eigenvalue weighted by molar-refractivity contribution is 5.95. The topological polar surface area (TPSA) is 61.4 Å². The van der Waals surface area contributed by atoms with Crippen molar-refractivity contribution in [2.24, 2.45) is 5.92 Å². The lowest BCUT2D eigenvalue weighted by Gasteiger charge is -2.43. The summed E-state index contributed by atoms with van der Waals surface area (Å²) in [6.07, 6.45) is 12.1. The lowest BCUT2D eigenvalue weighted by molar-refractivity contribution is -0.122. The molecule has 0 radical (unpaired) electrons. The predicted octanol–water partition coefficient (Wildman–Crippen LogP) is 2.41. The molecule has 0 unspecified atom stereocenters. The standard InChI is InChI=1S/C17H29N3O2/c21-16(19-17(22)18-14-8-2-3-9-14)12-20-11-5-7-13-6-1-4-10-15(13)20/h13-15H,1-12H2,(H2,18,19,21,22)/t13-,15-/m0/s1. The van der Waals surface area contributed by atoms with Crippen LogP contribution in [0.25, 0.3) is 0 Å². The number of rotatable bonds is 3. The van der Waals surface area contributed by atoms with E-state index < -0.39 is 0 Å². The highest BCUT2D eigenvalue weighted by Crippen LogP contribution is 2.34. The Morgan fingerprint density at radius 2 is 1.59 bits per heavy atom. The summed E-state index contributed by atoms with van der Waals surface area (Å²) in [6.45, 7) is 1.37. The smallest absolute Gasteiger partial charge is 0.321 e. The van der Waals surface area contributed by atoms with E-state index in [1.54, 1.807) is 0 Å². The summed E-state index contributed by atoms with van der Waals surface area (Å²) in [5.41, 5.74) is 0. The van der Waals surface area contributed by atoms with E-state index in [1.165, 1.54) is 51.4 Å². The highest BCUT2D eigenvalue weighted by Gasteiger charge is 2.34. The van der Waals surface area contributed by atoms with Crippen LogP contribution in [0.15, 0.2) is 0 Å². The molecule has 0 bridgehead atoms. The minimum absolute atomic E-state index is 0.151. The number of piperidine rings is 1. The van der Waals surface area contributed by atoms with Crippen molar-refractivity contribution in [3.63, 3.8) is 0 Å². The number of fused-ring (bicyclic) bond motifs is 1. The summed E-state index contributed by atoms with van der Waals surface area (Å²) < 4.78 is 0. The molecule has 0 aromatic carbocycles. The Labute approximate surface area is 133 Å². The third-order valence-electron chi connectivity index (χ3n) is 5.65. The zero-order valence-electron chi connectivity index (χ0n) is 13.5. The maximum absolute atomic E-state index is 12.2. The van der Waals surface area contributed by atoms with Gasteiger partial charge in [-0.25, -0.2) is 4.79 Å². The van der Waals surface area contributed by atoms with Gasteiger partial charge in [0.1, 0.15) is 0 Å². The van der Waals surface area contributed by atoms with Crippen LogP contribution in [0.1, 0.15) is 64.2 Å². The molecule has 0 spiro atoms. The van der Waals surface area contributed by atoms with Gasteiger partial charge in [-0.3, -0.25) is 15.0 Å². The number of carbonyl (C=O) groups is 2. The number of hydrogen-bond acceptors (Lipinski definition) is 3. The maximum Gasteiger partial charge on any atom is 0.321 e. The maximum atomic E-state index is 12.2. The van der Waals surface area contributed by atoms with Crippen LogP contribution >= 0.6 is 0 Å². The molecule has 3 aliphatic rings. The average molecular weight is 307 g/mol. The molecule has 0 aromatic rings. The largest absolute Gasteiger partial charge is 0.335 e. The number of nitrogens with one attached hydrogen (secondary N) is 2. The molecule has 3 amide bonds. The van der Waals surface area contributed by atoms with E-state index in [9.17, 15) is 9.59 Å². The SMILES string of the molecule is O=C(CN1CCC[C@@H]2CCCC[C@@H]21)NC(=O)NC1CCCC1. The number of likely N-dealkylation sites (tertiary alicyclic amines) is 1. The molecule has 1 saturated heterocycles. The number of imide groups is 1. The molecule has 5 nitrogen and oxygen atoms in total. The molecule has 124 valence electrons. The second-order valence-electron chi connectivity index (χ2n) is 7.23. The molecular weight excluding hydrogens is 278 g/mol. The number of amides is 3. The molecule has 3 fully saturated rings. The summed E-state index contributed by atoms with van der Waals surface area (Å²) in [6, 6.07) is 0.505. The fourth-order valence-corrected chi connectivity index (χ4v) is 4.57. The summed E-state index contributed by atoms with van der Waals surface area (Å²) in [7, 11) is 0. The van der Waals surface area contributed by atoms with E-state index in [0.717, 1.165) is 25.3 Å². The molecule has 22 heavy (non-hydrogen) atoms. The molecule has 2 N–H and O–H groups in total. The van der Waals surface area contributed by atoms with Gasteiger partial charge >= 0.3 is 6.03 Å². The van der Waals surface area contributed by atoms with Crippen molar-refractivity contribution >= 4 is 11.9 Å². The first-order chi connectivity index (χ1) is 10.7. The fourth-order valence-electron chi connectivity index (χ4n) is 4.57. The molecule has 5 heteroatoms. The summed E-state index contributed by atoms with van der Waals surface area (Å²) in [5.74, 6) is 0.615. The molecule has 2 aliphatic carbocycles. The number of urea groups is 1. The molecule has 1 aliphatic heterocycles. The van der Waals surface area contributed by atoms with E-state index in [4.69, 9.17) is 0 Å². The van der Waals surface area contributed by atoms with Gasteiger partial charge in [-0.05, 0) is 51.0 Å². The zero-order chi connectivity index (χ0) is 15.4. The number of nitrogens with zero attached hydrogens (tertiary/aromatic N) is 1. The van der Waals surface area contributed by atoms with Crippen LogP contribution in [0.5, 0.6) is 0 Å². The van der Waals surface area contributed by atoms with Crippen molar-refractivity contribution in [1.82, 2.24) is 15.5 Å². The van der Waals surface area contributed by atoms with Gasteiger partial charge in [-0.1, -0.05) is 25.7 Å². The van der Waals surface area contributed by atoms with Crippen molar-refractivity contribution in [3.8, 4) is 0 Å². The number of carbonyl (C=O) groups excluding carboxylic acids is 2. The minimum atomic E-state index is -0.311. The van der Waals surface area contributed by atoms with Gasteiger partial charge in [0.2, 0.25) is 5.91 Å². The highest BCUT2D eigenvalue weighted by atomic mass is 16.2. The van der Waals surface area contributed by atoms with Crippen molar-refractivity contribution < 1.29 is 9.59 Å². The Kier molecular flexibility index (Phi) is 5.34. The van der Waals surface area contributed by atoms with Crippen LogP contribution in [0, 0.1) is 5.92 Å². The molecular formula is C17H29N3O2. The van der Waals surface area contributed by atoms with Gasteiger partial charge in [0.25, 0.3) is 0 Å². The molecule has 1 heterocycles. The number of hydrogen-bond donors (Lipinski definition) is 2. The molecule has 3 rings (SSSR count). The molecule has 2 saturated carbocycles. The van der Waals surface area contributed by atoms with E-state index >= 15 is 0 Å². The van der Waals surface area contributed by atoms with Crippen LogP contribution in [-0.2, 0) is 4.79 Å². The Balaban J connectivity index is 1.45. The summed E-state index contributed by atoms with van der Waals surface area (Å²) >= 11 is 0. The van der Waals surface area contributed by atoms with Gasteiger partial charge in [0.05, 0.1) is 6.54 Å². The molecule has 0 aromatic heterocycles. The van der Waals surface area contributed by atoms with E-state index in [0.29, 0.717) is 12.6 Å². The first-order valence-corrected chi connectivity index (χ1v) is 9.07. The fraction of sp³-hybridized carbons (Fsp3) is 0.882. The Morgan fingerprint density at radius 3 is 2.41 bits per heavy atom. The lowest BCUT2D eigenvalue weighted by Crippen LogP contribution is -2.52. The Morgan fingerprint density at radius 1 is 0.909 bits per heavy atom. The normalized spacial score (nSPS) is 29.8. The Bertz CT molecular complexity index is 405. The first-order valence-electron chi connectivity index (χ1n) is 9.07. The van der Waals surface area contributed by atoms with Crippen molar-refractivity contribution in [1.29, 1.82) is 0 Å². The van der Waals surface area contributed by atoms with Crippen LogP contribution in [0.2, 0.25) is 0 Å². The van der Waals surface area contributed by atoms with Crippen LogP contribution in [0.3, 0.4) is 0 Å². The van der Waals surface area contributed by atoms with E-state index in [2.05, 4.69) is 15.5 Å². The van der Waals surface area contributed by atoms with Gasteiger partial charge < -0.3 is 5.32 Å². The van der Waals surface area contributed by atoms with Gasteiger partial charge in [-0.15, -0.1) is 0 Å². The summed E-state index contributed by atoms with van der Waals surface area (Å²) in [4.78, 5) is 26.3. The third kappa shape index (κ3) is 4.00. The second kappa shape index (κ2) is 7.44. The van der Waals surface area contributed by atoms with Crippen LogP contribution < -0.4 is 10.6 Å². The molecule has 2 atom stereocenters. The predicted molar refractivity (Wildman–Crippen MR) is 85.5 cm³/mol. The lowest BCUT2D eigenvalue weighted by atomic mass is 9.78. The van der Waals surface area contributed by atoms with Crippen LogP contribution in [-0.4, -0.2) is 42.0 Å². The summed E-state index contributed by atoms with van der Waals surface area (Å²) in [5, 5.41) is 5.43. The van der Waals surface area contributed by atoms with Crippen LogP contribution in [0.4, 0.5) is 4.79 Å². The van der Waals surface area contributed by atoms with Crippen molar-refractivity contribution in [2.75, 3.05) is 13.1 Å². The first kappa shape index (κ1) is 15.8. The van der Waals surface area contributed by atoms with Crippen molar-refractivity contribution in [2.45, 2.75) is 76.3 Å². The van der Waals surface area contributed by atoms with E-state index in [-0.39, 0.29) is 18.0 Å². The monoisotopic (exact) mass is 307 g/mol. The van der Waals surface area contributed by atoms with Gasteiger partial charge in [0, 0.05) is 12.1 Å². The second-order valence-corrected chi connectivity index (χ2v) is 7.23. The zero-order valence-corrected chi connectivity index (χ0v) is 13.5. The quantitative estimate of drug-likeness (QED) is 0.841. The van der Waals surface area contributed by atoms with E-state index in [1.807, 2.05) is 0 Å². The minimum Gasteiger partial charge on any atom is -0.335 e. The third-order valence-corrected chi connectivity index (χ3v) is 5.65. The van der Waals surface area contributed by atoms with Gasteiger partial charge in [0.15, 0.2) is 0 Å². The average Bonchev–Trinajstić information content (AvgIpc) is 3.00. The Hall–Kier alpha value is -1.10.